The molecule has 0 saturated carbocycles. The monoisotopic (exact) mass is 252 g/mol. The average Bonchev–Trinajstić information content (AvgIpc) is 2.52. The standard InChI is InChI=1S/C15H28N2O/c1-12-8-5-4-6-11-17(12)14(18)13-15(2,3)9-7-10-16-13/h12-13,16H,4-11H2,1-3H3. The predicted molar refractivity (Wildman–Crippen MR) is 74.4 cm³/mol. The van der Waals surface area contributed by atoms with Crippen LogP contribution < -0.4 is 5.32 Å². The number of hydrogen-bond donors (Lipinski definition) is 1. The van der Waals surface area contributed by atoms with Crippen LogP contribution in [0.15, 0.2) is 0 Å². The van der Waals surface area contributed by atoms with Gasteiger partial charge in [-0.05, 0) is 44.6 Å². The molecule has 2 atom stereocenters. The fourth-order valence-electron chi connectivity index (χ4n) is 3.40. The van der Waals surface area contributed by atoms with E-state index in [1.165, 1.54) is 32.1 Å². The van der Waals surface area contributed by atoms with Crippen molar-refractivity contribution in [1.29, 1.82) is 0 Å². The highest BCUT2D eigenvalue weighted by Gasteiger charge is 2.40. The summed E-state index contributed by atoms with van der Waals surface area (Å²) in [6.45, 7) is 8.60. The molecule has 2 aliphatic heterocycles. The van der Waals surface area contributed by atoms with Gasteiger partial charge in [0.15, 0.2) is 0 Å². The molecule has 18 heavy (non-hydrogen) atoms. The molecule has 2 heterocycles. The Kier molecular flexibility index (Phi) is 4.31. The van der Waals surface area contributed by atoms with Gasteiger partial charge in [0.25, 0.3) is 0 Å². The number of rotatable bonds is 1. The Bertz CT molecular complexity index is 301. The van der Waals surface area contributed by atoms with Crippen molar-refractivity contribution in [2.24, 2.45) is 5.41 Å². The summed E-state index contributed by atoms with van der Waals surface area (Å²) in [4.78, 5) is 14.9. The van der Waals surface area contributed by atoms with Crippen molar-refractivity contribution in [2.45, 2.75) is 71.4 Å². The first-order chi connectivity index (χ1) is 8.52. The van der Waals surface area contributed by atoms with E-state index in [1.807, 2.05) is 0 Å². The molecule has 2 rings (SSSR count). The summed E-state index contributed by atoms with van der Waals surface area (Å²) in [7, 11) is 0. The van der Waals surface area contributed by atoms with Gasteiger partial charge in [0.05, 0.1) is 6.04 Å². The zero-order valence-electron chi connectivity index (χ0n) is 12.2. The fraction of sp³-hybridized carbons (Fsp3) is 0.933. The molecule has 0 aliphatic carbocycles. The van der Waals surface area contributed by atoms with Crippen LogP contribution in [0.1, 0.15) is 59.3 Å². The third-order valence-electron chi connectivity index (χ3n) is 4.71. The van der Waals surface area contributed by atoms with Crippen LogP contribution in [-0.2, 0) is 4.79 Å². The molecule has 0 aromatic heterocycles. The summed E-state index contributed by atoms with van der Waals surface area (Å²) in [5.41, 5.74) is 0.0986. The molecule has 0 spiro atoms. The Balaban J connectivity index is 2.08. The van der Waals surface area contributed by atoms with Crippen LogP contribution in [-0.4, -0.2) is 36.0 Å². The number of nitrogens with one attached hydrogen (secondary N) is 1. The van der Waals surface area contributed by atoms with Crippen LogP contribution in [0.2, 0.25) is 0 Å². The van der Waals surface area contributed by atoms with Gasteiger partial charge in [0.1, 0.15) is 0 Å². The van der Waals surface area contributed by atoms with Crippen molar-refractivity contribution < 1.29 is 4.79 Å². The van der Waals surface area contributed by atoms with Crippen molar-refractivity contribution in [3.8, 4) is 0 Å². The predicted octanol–water partition coefficient (Wildman–Crippen LogP) is 2.56. The van der Waals surface area contributed by atoms with Crippen LogP contribution >= 0.6 is 0 Å². The van der Waals surface area contributed by atoms with Crippen LogP contribution in [0, 0.1) is 5.41 Å². The van der Waals surface area contributed by atoms with Crippen LogP contribution in [0.3, 0.4) is 0 Å². The second-order valence-electron chi connectivity index (χ2n) is 6.71. The zero-order valence-corrected chi connectivity index (χ0v) is 12.2. The maximum absolute atomic E-state index is 12.8. The molecular weight excluding hydrogens is 224 g/mol. The topological polar surface area (TPSA) is 32.3 Å². The van der Waals surface area contributed by atoms with Crippen molar-refractivity contribution in [3.63, 3.8) is 0 Å². The van der Waals surface area contributed by atoms with Crippen molar-refractivity contribution in [2.75, 3.05) is 13.1 Å². The minimum absolute atomic E-state index is 0.0202. The highest BCUT2D eigenvalue weighted by atomic mass is 16.2. The highest BCUT2D eigenvalue weighted by Crippen LogP contribution is 2.32. The normalized spacial score (nSPS) is 32.9. The van der Waals surface area contributed by atoms with E-state index in [2.05, 4.69) is 31.0 Å². The van der Waals surface area contributed by atoms with Gasteiger partial charge in [-0.2, -0.15) is 0 Å². The average molecular weight is 252 g/mol. The van der Waals surface area contributed by atoms with E-state index in [4.69, 9.17) is 0 Å². The molecule has 1 N–H and O–H groups in total. The number of hydrogen-bond acceptors (Lipinski definition) is 2. The van der Waals surface area contributed by atoms with Gasteiger partial charge in [-0.3, -0.25) is 4.79 Å². The Morgan fingerprint density at radius 3 is 2.72 bits per heavy atom. The number of likely N-dealkylation sites (tertiary alicyclic amines) is 1. The minimum Gasteiger partial charge on any atom is -0.339 e. The largest absolute Gasteiger partial charge is 0.339 e. The number of amides is 1. The van der Waals surface area contributed by atoms with E-state index >= 15 is 0 Å². The molecule has 0 bridgehead atoms. The summed E-state index contributed by atoms with van der Waals surface area (Å²) in [6, 6.07) is 0.436. The third-order valence-corrected chi connectivity index (χ3v) is 4.71. The molecule has 1 amide bonds. The minimum atomic E-state index is 0.0202. The summed E-state index contributed by atoms with van der Waals surface area (Å²) in [6.07, 6.45) is 7.22. The summed E-state index contributed by atoms with van der Waals surface area (Å²) in [5, 5.41) is 3.46. The van der Waals surface area contributed by atoms with Gasteiger partial charge in [-0.1, -0.05) is 26.7 Å². The van der Waals surface area contributed by atoms with Crippen molar-refractivity contribution in [1.82, 2.24) is 10.2 Å². The third kappa shape index (κ3) is 2.87. The first-order valence-electron chi connectivity index (χ1n) is 7.56. The molecule has 2 fully saturated rings. The van der Waals surface area contributed by atoms with Gasteiger partial charge < -0.3 is 10.2 Å². The lowest BCUT2D eigenvalue weighted by atomic mass is 9.77. The van der Waals surface area contributed by atoms with Gasteiger partial charge >= 0.3 is 0 Å². The fourth-order valence-corrected chi connectivity index (χ4v) is 3.40. The maximum Gasteiger partial charge on any atom is 0.240 e. The summed E-state index contributed by atoms with van der Waals surface area (Å²) in [5.74, 6) is 0.342. The van der Waals surface area contributed by atoms with Crippen molar-refractivity contribution in [3.05, 3.63) is 0 Å². The van der Waals surface area contributed by atoms with Gasteiger partial charge in [0.2, 0.25) is 5.91 Å². The molecule has 3 nitrogen and oxygen atoms in total. The van der Waals surface area contributed by atoms with E-state index in [-0.39, 0.29) is 11.5 Å². The quantitative estimate of drug-likeness (QED) is 0.778. The van der Waals surface area contributed by atoms with Gasteiger partial charge in [-0.15, -0.1) is 0 Å². The second kappa shape index (κ2) is 5.60. The summed E-state index contributed by atoms with van der Waals surface area (Å²) < 4.78 is 0. The first-order valence-corrected chi connectivity index (χ1v) is 7.56. The van der Waals surface area contributed by atoms with E-state index in [9.17, 15) is 4.79 Å². The first kappa shape index (κ1) is 13.9. The molecule has 104 valence electrons. The number of piperidine rings is 1. The van der Waals surface area contributed by atoms with Gasteiger partial charge in [-0.25, -0.2) is 0 Å². The SMILES string of the molecule is CC1CCCCCN1C(=O)C1NCCCC1(C)C. The molecule has 0 aromatic carbocycles. The van der Waals surface area contributed by atoms with E-state index in [0.717, 1.165) is 19.5 Å². The lowest BCUT2D eigenvalue weighted by Crippen LogP contribution is -2.58. The number of carbonyl (C=O) groups is 1. The molecule has 0 radical (unpaired) electrons. The zero-order chi connectivity index (χ0) is 13.2. The molecule has 0 aromatic rings. The van der Waals surface area contributed by atoms with E-state index in [1.54, 1.807) is 0 Å². The van der Waals surface area contributed by atoms with E-state index < -0.39 is 0 Å². The molecule has 2 saturated heterocycles. The Morgan fingerprint density at radius 1 is 1.22 bits per heavy atom. The highest BCUT2D eigenvalue weighted by molar-refractivity contribution is 5.83. The van der Waals surface area contributed by atoms with Crippen LogP contribution in [0.25, 0.3) is 0 Å². The molecule has 2 aliphatic rings. The second-order valence-corrected chi connectivity index (χ2v) is 6.71. The number of nitrogens with zero attached hydrogens (tertiary/aromatic N) is 1. The maximum atomic E-state index is 12.8. The Labute approximate surface area is 111 Å². The number of carbonyl (C=O) groups excluding carboxylic acids is 1. The van der Waals surface area contributed by atoms with Crippen molar-refractivity contribution >= 4 is 5.91 Å². The molecule has 3 heteroatoms. The smallest absolute Gasteiger partial charge is 0.240 e. The Hall–Kier alpha value is -0.570. The van der Waals surface area contributed by atoms with Crippen LogP contribution in [0.4, 0.5) is 0 Å². The van der Waals surface area contributed by atoms with Crippen LogP contribution in [0.5, 0.6) is 0 Å². The lowest BCUT2D eigenvalue weighted by Gasteiger charge is -2.42. The molecule has 2 unspecified atom stereocenters. The lowest BCUT2D eigenvalue weighted by molar-refractivity contribution is -0.139. The Morgan fingerprint density at radius 2 is 2.00 bits per heavy atom. The molecular formula is C15H28N2O. The van der Waals surface area contributed by atoms with Gasteiger partial charge in [0, 0.05) is 12.6 Å². The summed E-state index contributed by atoms with van der Waals surface area (Å²) >= 11 is 0. The van der Waals surface area contributed by atoms with E-state index in [0.29, 0.717) is 11.9 Å².